The maximum Gasteiger partial charge on any atom is 0.340 e. The number of amides is 2. The minimum Gasteiger partial charge on any atom is -0.463 e. The molecule has 0 saturated carbocycles. The summed E-state index contributed by atoms with van der Waals surface area (Å²) in [4.78, 5) is 39.4. The van der Waals surface area contributed by atoms with Crippen molar-refractivity contribution >= 4 is 29.6 Å². The van der Waals surface area contributed by atoms with Crippen molar-refractivity contribution in [2.24, 2.45) is 0 Å². The van der Waals surface area contributed by atoms with Gasteiger partial charge in [0.1, 0.15) is 11.8 Å². The smallest absolute Gasteiger partial charge is 0.340 e. The van der Waals surface area contributed by atoms with Crippen LogP contribution >= 0.6 is 11.6 Å². The molecule has 1 atom stereocenters. The van der Waals surface area contributed by atoms with Crippen LogP contribution in [-0.4, -0.2) is 42.2 Å². The topological polar surface area (TPSA) is 107 Å². The van der Waals surface area contributed by atoms with Crippen LogP contribution in [0.1, 0.15) is 24.2 Å². The van der Waals surface area contributed by atoms with Gasteiger partial charge in [-0.2, -0.15) is 0 Å². The molecule has 1 aliphatic rings. The van der Waals surface area contributed by atoms with Crippen molar-refractivity contribution in [3.8, 4) is 0 Å². The van der Waals surface area contributed by atoms with Crippen molar-refractivity contribution in [2.45, 2.75) is 19.9 Å². The summed E-state index contributed by atoms with van der Waals surface area (Å²) in [5.74, 6) is -1.24. The van der Waals surface area contributed by atoms with E-state index in [0.29, 0.717) is 0 Å². The summed E-state index contributed by atoms with van der Waals surface area (Å²) in [6.07, 6.45) is 1.27. The fraction of sp³-hybridized carbons (Fsp3) is 0.333. The Labute approximate surface area is 143 Å². The highest BCUT2D eigenvalue weighted by Gasteiger charge is 2.30. The average Bonchev–Trinajstić information content (AvgIpc) is 2.52. The summed E-state index contributed by atoms with van der Waals surface area (Å²) < 4.78 is 10.1. The van der Waals surface area contributed by atoms with Gasteiger partial charge in [-0.1, -0.05) is 11.6 Å². The van der Waals surface area contributed by atoms with E-state index in [1.165, 1.54) is 18.3 Å². The molecule has 2 N–H and O–H groups in total. The molecule has 9 heteroatoms. The molecule has 2 rings (SSSR count). The number of pyridine rings is 1. The van der Waals surface area contributed by atoms with E-state index < -0.39 is 24.0 Å². The Balaban J connectivity index is 2.15. The summed E-state index contributed by atoms with van der Waals surface area (Å²) >= 11 is 5.65. The summed E-state index contributed by atoms with van der Waals surface area (Å²) in [7, 11) is 0. The van der Waals surface area contributed by atoms with Crippen molar-refractivity contribution in [3.63, 3.8) is 0 Å². The lowest BCUT2D eigenvalue weighted by Crippen LogP contribution is -2.50. The summed E-state index contributed by atoms with van der Waals surface area (Å²) in [6.45, 7) is 3.21. The molecular weight excluding hydrogens is 338 g/mol. The van der Waals surface area contributed by atoms with Crippen LogP contribution < -0.4 is 10.6 Å². The minimum absolute atomic E-state index is 0.181. The van der Waals surface area contributed by atoms with Crippen LogP contribution in [0.15, 0.2) is 29.6 Å². The zero-order chi connectivity index (χ0) is 17.7. The molecule has 1 aliphatic heterocycles. The summed E-state index contributed by atoms with van der Waals surface area (Å²) in [5, 5.41) is 5.27. The maximum atomic E-state index is 12.0. The van der Waals surface area contributed by atoms with E-state index in [0.717, 1.165) is 0 Å². The van der Waals surface area contributed by atoms with E-state index in [9.17, 15) is 14.4 Å². The van der Waals surface area contributed by atoms with Gasteiger partial charge in [-0.25, -0.2) is 19.4 Å². The fourth-order valence-corrected chi connectivity index (χ4v) is 2.22. The number of nitrogens with zero attached hydrogens (tertiary/aromatic N) is 1. The Hall–Kier alpha value is -2.61. The van der Waals surface area contributed by atoms with E-state index in [1.807, 2.05) is 0 Å². The van der Waals surface area contributed by atoms with Gasteiger partial charge in [0, 0.05) is 6.20 Å². The Morgan fingerprint density at radius 3 is 2.67 bits per heavy atom. The van der Waals surface area contributed by atoms with Gasteiger partial charge in [-0.3, -0.25) is 0 Å². The zero-order valence-corrected chi connectivity index (χ0v) is 13.8. The molecule has 2 amide bonds. The van der Waals surface area contributed by atoms with Crippen LogP contribution in [0, 0.1) is 0 Å². The highest BCUT2D eigenvalue weighted by atomic mass is 35.5. The number of carbonyl (C=O) groups excluding carboxylic acids is 3. The summed E-state index contributed by atoms with van der Waals surface area (Å²) in [6, 6.07) is 1.86. The Kier molecular flexibility index (Phi) is 5.75. The number of rotatable bonds is 5. The lowest BCUT2D eigenvalue weighted by molar-refractivity contribution is -0.139. The lowest BCUT2D eigenvalue weighted by Gasteiger charge is -2.26. The molecular formula is C15H16ClN3O5. The molecule has 8 nitrogen and oxygen atoms in total. The SMILES string of the molecule is CCOC(=O)C1=C(COC(=O)c2ccc(Cl)nc2)NC(=O)N[C@H]1C. The number of carbonyl (C=O) groups is 3. The van der Waals surface area contributed by atoms with Crippen LogP contribution in [0.2, 0.25) is 5.15 Å². The minimum atomic E-state index is -0.657. The van der Waals surface area contributed by atoms with Crippen LogP contribution in [0.5, 0.6) is 0 Å². The monoisotopic (exact) mass is 353 g/mol. The van der Waals surface area contributed by atoms with Crippen LogP contribution in [0.3, 0.4) is 0 Å². The number of hydrogen-bond acceptors (Lipinski definition) is 6. The molecule has 0 unspecified atom stereocenters. The molecule has 0 aliphatic carbocycles. The van der Waals surface area contributed by atoms with E-state index in [1.54, 1.807) is 13.8 Å². The predicted octanol–water partition coefficient (Wildman–Crippen LogP) is 1.41. The first-order valence-corrected chi connectivity index (χ1v) is 7.56. The standard InChI is InChI=1S/C15H16ClN3O5/c1-3-23-14(21)12-8(2)18-15(22)19-10(12)7-24-13(20)9-4-5-11(16)17-6-9/h4-6,8H,3,7H2,1-2H3,(H2,18,19,22)/t8-/m0/s1. The largest absolute Gasteiger partial charge is 0.463 e. The first-order valence-electron chi connectivity index (χ1n) is 7.18. The average molecular weight is 354 g/mol. The third kappa shape index (κ3) is 4.23. The molecule has 0 aromatic carbocycles. The fourth-order valence-electron chi connectivity index (χ4n) is 2.11. The quantitative estimate of drug-likeness (QED) is 0.612. The van der Waals surface area contributed by atoms with Crippen molar-refractivity contribution in [3.05, 3.63) is 40.3 Å². The van der Waals surface area contributed by atoms with Crippen molar-refractivity contribution < 1.29 is 23.9 Å². The molecule has 0 bridgehead atoms. The number of halogens is 1. The van der Waals surface area contributed by atoms with Crippen LogP contribution in [0.4, 0.5) is 4.79 Å². The van der Waals surface area contributed by atoms with Gasteiger partial charge in [-0.05, 0) is 26.0 Å². The predicted molar refractivity (Wildman–Crippen MR) is 84.3 cm³/mol. The molecule has 0 spiro atoms. The maximum absolute atomic E-state index is 12.0. The number of ether oxygens (including phenoxy) is 2. The number of nitrogens with one attached hydrogen (secondary N) is 2. The number of aromatic nitrogens is 1. The van der Waals surface area contributed by atoms with Crippen molar-refractivity contribution in [1.82, 2.24) is 15.6 Å². The highest BCUT2D eigenvalue weighted by Crippen LogP contribution is 2.15. The lowest BCUT2D eigenvalue weighted by atomic mass is 10.0. The first-order chi connectivity index (χ1) is 11.4. The Morgan fingerprint density at radius 1 is 1.29 bits per heavy atom. The summed E-state index contributed by atoms with van der Waals surface area (Å²) in [5.41, 5.74) is 0.587. The van der Waals surface area contributed by atoms with Gasteiger partial charge in [0.2, 0.25) is 0 Å². The van der Waals surface area contributed by atoms with Crippen molar-refractivity contribution in [1.29, 1.82) is 0 Å². The molecule has 1 aromatic rings. The van der Waals surface area contributed by atoms with Crippen LogP contribution in [-0.2, 0) is 14.3 Å². The van der Waals surface area contributed by atoms with Gasteiger partial charge in [0.25, 0.3) is 0 Å². The molecule has 0 radical (unpaired) electrons. The van der Waals surface area contributed by atoms with Crippen LogP contribution in [0.25, 0.3) is 0 Å². The van der Waals surface area contributed by atoms with Gasteiger partial charge in [0.15, 0.2) is 0 Å². The second kappa shape index (κ2) is 7.78. The Morgan fingerprint density at radius 2 is 2.04 bits per heavy atom. The van der Waals surface area contributed by atoms with E-state index in [4.69, 9.17) is 21.1 Å². The van der Waals surface area contributed by atoms with Gasteiger partial charge < -0.3 is 20.1 Å². The molecule has 2 heterocycles. The Bertz CT molecular complexity index is 687. The normalized spacial score (nSPS) is 17.0. The highest BCUT2D eigenvalue weighted by molar-refractivity contribution is 6.29. The van der Waals surface area contributed by atoms with Crippen molar-refractivity contribution in [2.75, 3.05) is 13.2 Å². The second-order valence-corrected chi connectivity index (χ2v) is 5.27. The molecule has 128 valence electrons. The first kappa shape index (κ1) is 17.7. The van der Waals surface area contributed by atoms with E-state index in [2.05, 4.69) is 15.6 Å². The van der Waals surface area contributed by atoms with Gasteiger partial charge in [0.05, 0.1) is 29.5 Å². The third-order valence-corrected chi connectivity index (χ3v) is 3.40. The number of urea groups is 1. The molecule has 24 heavy (non-hydrogen) atoms. The molecule has 0 fully saturated rings. The molecule has 1 aromatic heterocycles. The van der Waals surface area contributed by atoms with E-state index >= 15 is 0 Å². The van der Waals surface area contributed by atoms with E-state index in [-0.39, 0.29) is 35.2 Å². The second-order valence-electron chi connectivity index (χ2n) is 4.88. The zero-order valence-electron chi connectivity index (χ0n) is 13.1. The third-order valence-electron chi connectivity index (χ3n) is 3.18. The number of hydrogen-bond donors (Lipinski definition) is 2. The van der Waals surface area contributed by atoms with Gasteiger partial charge in [-0.15, -0.1) is 0 Å². The number of esters is 2. The van der Waals surface area contributed by atoms with Gasteiger partial charge >= 0.3 is 18.0 Å². The molecule has 0 saturated heterocycles.